The molecule has 94 valence electrons. The first-order valence-electron chi connectivity index (χ1n) is 5.85. The van der Waals surface area contributed by atoms with Crippen molar-refractivity contribution < 1.29 is 4.79 Å². The van der Waals surface area contributed by atoms with Crippen molar-refractivity contribution in [2.45, 2.75) is 19.0 Å². The number of nitrogens with two attached hydrogens (primary N) is 1. The lowest BCUT2D eigenvalue weighted by Gasteiger charge is -2.11. The fourth-order valence-electron chi connectivity index (χ4n) is 1.69. The highest BCUT2D eigenvalue weighted by Crippen LogP contribution is 2.13. The molecule has 0 bridgehead atoms. The van der Waals surface area contributed by atoms with Crippen LogP contribution in [0, 0.1) is 0 Å². The molecule has 0 spiro atoms. The van der Waals surface area contributed by atoms with E-state index in [1.165, 1.54) is 0 Å². The molecule has 0 radical (unpaired) electrons. The topological polar surface area (TPSA) is 55.1 Å². The van der Waals surface area contributed by atoms with Gasteiger partial charge >= 0.3 is 0 Å². The number of thiophene rings is 1. The number of carbonyl (C=O) groups is 1. The molecule has 1 amide bonds. The molecule has 3 nitrogen and oxygen atoms in total. The van der Waals surface area contributed by atoms with Gasteiger partial charge in [0.2, 0.25) is 5.91 Å². The maximum absolute atomic E-state index is 11.7. The predicted molar refractivity (Wildman–Crippen MR) is 74.2 cm³/mol. The van der Waals surface area contributed by atoms with Crippen molar-refractivity contribution in [3.8, 4) is 0 Å². The lowest BCUT2D eigenvalue weighted by atomic mass is 10.0. The summed E-state index contributed by atoms with van der Waals surface area (Å²) in [6.07, 6.45) is 0.315. The fraction of sp³-hybridized carbons (Fsp3) is 0.214. The van der Waals surface area contributed by atoms with Crippen LogP contribution in [-0.2, 0) is 11.3 Å². The first kappa shape index (κ1) is 12.8. The normalized spacial score (nSPS) is 12.1. The van der Waals surface area contributed by atoms with Crippen molar-refractivity contribution in [1.82, 2.24) is 5.32 Å². The van der Waals surface area contributed by atoms with Crippen LogP contribution in [0.15, 0.2) is 47.8 Å². The molecule has 1 aromatic heterocycles. The van der Waals surface area contributed by atoms with Gasteiger partial charge < -0.3 is 11.1 Å². The molecule has 18 heavy (non-hydrogen) atoms. The van der Waals surface area contributed by atoms with Gasteiger partial charge in [-0.25, -0.2) is 0 Å². The summed E-state index contributed by atoms with van der Waals surface area (Å²) < 4.78 is 0. The molecule has 1 atom stereocenters. The summed E-state index contributed by atoms with van der Waals surface area (Å²) in [4.78, 5) is 12.9. The number of nitrogens with one attached hydrogen (secondary N) is 1. The Hall–Kier alpha value is -1.65. The van der Waals surface area contributed by atoms with Gasteiger partial charge in [-0.05, 0) is 17.0 Å². The monoisotopic (exact) mass is 260 g/mol. The van der Waals surface area contributed by atoms with E-state index in [1.54, 1.807) is 11.3 Å². The lowest BCUT2D eigenvalue weighted by Crippen LogP contribution is -2.26. The molecule has 1 aromatic carbocycles. The Kier molecular flexibility index (Phi) is 4.50. The summed E-state index contributed by atoms with van der Waals surface area (Å²) in [6.45, 7) is 0.581. The van der Waals surface area contributed by atoms with Crippen LogP contribution in [0.25, 0.3) is 0 Å². The van der Waals surface area contributed by atoms with Crippen LogP contribution in [-0.4, -0.2) is 5.91 Å². The molecule has 0 saturated heterocycles. The SMILES string of the molecule is NC(CC(=O)NCc1cccs1)c1ccccc1. The van der Waals surface area contributed by atoms with E-state index >= 15 is 0 Å². The lowest BCUT2D eigenvalue weighted by molar-refractivity contribution is -0.121. The van der Waals surface area contributed by atoms with Gasteiger partial charge in [-0.3, -0.25) is 4.79 Å². The third-order valence-corrected chi connectivity index (χ3v) is 3.55. The van der Waals surface area contributed by atoms with Crippen molar-refractivity contribution in [3.63, 3.8) is 0 Å². The van der Waals surface area contributed by atoms with Crippen molar-refractivity contribution in [1.29, 1.82) is 0 Å². The Morgan fingerprint density at radius 2 is 2.00 bits per heavy atom. The van der Waals surface area contributed by atoms with Crippen LogP contribution in [0.2, 0.25) is 0 Å². The molecule has 2 aromatic rings. The summed E-state index contributed by atoms with van der Waals surface area (Å²) in [5, 5.41) is 4.87. The number of rotatable bonds is 5. The highest BCUT2D eigenvalue weighted by Gasteiger charge is 2.10. The second kappa shape index (κ2) is 6.33. The summed E-state index contributed by atoms with van der Waals surface area (Å²) in [6, 6.07) is 13.4. The van der Waals surface area contributed by atoms with Crippen molar-refractivity contribution >= 4 is 17.2 Å². The van der Waals surface area contributed by atoms with E-state index in [0.29, 0.717) is 13.0 Å². The van der Waals surface area contributed by atoms with E-state index in [0.717, 1.165) is 10.4 Å². The van der Waals surface area contributed by atoms with Gasteiger partial charge in [-0.1, -0.05) is 36.4 Å². The van der Waals surface area contributed by atoms with Gasteiger partial charge in [0, 0.05) is 17.3 Å². The molecule has 0 fully saturated rings. The van der Waals surface area contributed by atoms with Crippen LogP contribution in [0.4, 0.5) is 0 Å². The molecule has 1 heterocycles. The van der Waals surface area contributed by atoms with E-state index in [4.69, 9.17) is 5.73 Å². The van der Waals surface area contributed by atoms with E-state index in [9.17, 15) is 4.79 Å². The van der Waals surface area contributed by atoms with Gasteiger partial charge in [0.15, 0.2) is 0 Å². The van der Waals surface area contributed by atoms with Gasteiger partial charge in [0.1, 0.15) is 0 Å². The summed E-state index contributed by atoms with van der Waals surface area (Å²) in [7, 11) is 0. The van der Waals surface area contributed by atoms with Gasteiger partial charge in [0.25, 0.3) is 0 Å². The highest BCUT2D eigenvalue weighted by molar-refractivity contribution is 7.09. The van der Waals surface area contributed by atoms with Crippen LogP contribution in [0.3, 0.4) is 0 Å². The third-order valence-electron chi connectivity index (χ3n) is 2.67. The smallest absolute Gasteiger partial charge is 0.222 e. The molecular formula is C14H16N2OS. The first-order valence-corrected chi connectivity index (χ1v) is 6.73. The average molecular weight is 260 g/mol. The Balaban J connectivity index is 1.80. The van der Waals surface area contributed by atoms with Crippen molar-refractivity contribution in [2.75, 3.05) is 0 Å². The number of hydrogen-bond acceptors (Lipinski definition) is 3. The van der Waals surface area contributed by atoms with Gasteiger partial charge in [0.05, 0.1) is 6.54 Å². The first-order chi connectivity index (χ1) is 8.75. The molecular weight excluding hydrogens is 244 g/mol. The summed E-state index contributed by atoms with van der Waals surface area (Å²) >= 11 is 1.63. The van der Waals surface area contributed by atoms with Crippen molar-refractivity contribution in [3.05, 3.63) is 58.3 Å². The van der Waals surface area contributed by atoms with Gasteiger partial charge in [-0.2, -0.15) is 0 Å². The summed E-state index contributed by atoms with van der Waals surface area (Å²) in [5.74, 6) is -0.0141. The second-order valence-electron chi connectivity index (χ2n) is 4.08. The number of amides is 1. The van der Waals surface area contributed by atoms with E-state index < -0.39 is 0 Å². The standard InChI is InChI=1S/C14H16N2OS/c15-13(11-5-2-1-3-6-11)9-14(17)16-10-12-7-4-8-18-12/h1-8,13H,9-10,15H2,(H,16,17). The minimum atomic E-state index is -0.241. The quantitative estimate of drug-likeness (QED) is 0.867. The zero-order chi connectivity index (χ0) is 12.8. The fourth-order valence-corrected chi connectivity index (χ4v) is 2.33. The Morgan fingerprint density at radius 1 is 1.22 bits per heavy atom. The molecule has 1 unspecified atom stereocenters. The van der Waals surface area contributed by atoms with Crippen LogP contribution in [0.1, 0.15) is 22.9 Å². The largest absolute Gasteiger partial charge is 0.351 e. The maximum atomic E-state index is 11.7. The summed E-state index contributed by atoms with van der Waals surface area (Å²) in [5.41, 5.74) is 6.98. The Morgan fingerprint density at radius 3 is 2.67 bits per heavy atom. The Bertz CT molecular complexity index is 482. The molecule has 0 aliphatic heterocycles. The highest BCUT2D eigenvalue weighted by atomic mass is 32.1. The number of carbonyl (C=O) groups excluding carboxylic acids is 1. The van der Waals surface area contributed by atoms with Gasteiger partial charge in [-0.15, -0.1) is 11.3 Å². The van der Waals surface area contributed by atoms with Crippen LogP contribution < -0.4 is 11.1 Å². The average Bonchev–Trinajstić information content (AvgIpc) is 2.90. The minimum absolute atomic E-state index is 0.0141. The Labute approximate surface area is 111 Å². The van der Waals surface area contributed by atoms with Crippen LogP contribution >= 0.6 is 11.3 Å². The molecule has 4 heteroatoms. The molecule has 2 rings (SSSR count). The zero-order valence-electron chi connectivity index (χ0n) is 10.0. The second-order valence-corrected chi connectivity index (χ2v) is 5.11. The number of benzene rings is 1. The van der Waals surface area contributed by atoms with E-state index in [-0.39, 0.29) is 11.9 Å². The number of hydrogen-bond donors (Lipinski definition) is 2. The van der Waals surface area contributed by atoms with Crippen LogP contribution in [0.5, 0.6) is 0 Å². The van der Waals surface area contributed by atoms with Crippen molar-refractivity contribution in [2.24, 2.45) is 5.73 Å². The predicted octanol–water partition coefficient (Wildman–Crippen LogP) is 2.45. The molecule has 0 saturated carbocycles. The molecule has 0 aliphatic carbocycles. The minimum Gasteiger partial charge on any atom is -0.351 e. The molecule has 0 aliphatic rings. The molecule has 3 N–H and O–H groups in total. The third kappa shape index (κ3) is 3.68. The van der Waals surface area contributed by atoms with E-state index in [1.807, 2.05) is 47.8 Å². The van der Waals surface area contributed by atoms with E-state index in [2.05, 4.69) is 5.32 Å². The maximum Gasteiger partial charge on any atom is 0.222 e. The zero-order valence-corrected chi connectivity index (χ0v) is 10.8.